The number of carboxylic acid groups (broad SMARTS) is 1. The van der Waals surface area contributed by atoms with E-state index in [-0.39, 0.29) is 25.7 Å². The number of aliphatic hydroxyl groups excluding tert-OH is 3. The molecule has 2 heterocycles. The van der Waals surface area contributed by atoms with Crippen molar-refractivity contribution in [3.8, 4) is 0 Å². The molecule has 5 unspecified atom stereocenters. The van der Waals surface area contributed by atoms with Gasteiger partial charge in [0.25, 0.3) is 0 Å². The zero-order valence-electron chi connectivity index (χ0n) is 35.1. The number of carbonyl (C=O) groups is 1. The van der Waals surface area contributed by atoms with Crippen LogP contribution in [0.3, 0.4) is 0 Å². The average molecular weight is 832 g/mol. The Bertz CT molecular complexity index is 1280. The summed E-state index contributed by atoms with van der Waals surface area (Å²) >= 11 is 0. The number of rotatable bonds is 35. The van der Waals surface area contributed by atoms with E-state index in [9.17, 15) is 25.2 Å². The molecular formula is C38H73N9O11. The molecule has 0 radical (unpaired) electrons. The molecule has 0 bridgehead atoms. The number of aromatic nitrogens is 3. The van der Waals surface area contributed by atoms with Crippen LogP contribution >= 0.6 is 0 Å². The van der Waals surface area contributed by atoms with Crippen molar-refractivity contribution in [2.75, 3.05) is 98.7 Å². The van der Waals surface area contributed by atoms with Crippen molar-refractivity contribution in [3.05, 3.63) is 35.7 Å². The number of aliphatic carboxylic acids is 1. The first kappa shape index (κ1) is 51.0. The molecule has 20 nitrogen and oxygen atoms in total. The van der Waals surface area contributed by atoms with E-state index in [2.05, 4.69) is 25.8 Å². The van der Waals surface area contributed by atoms with Crippen LogP contribution in [0.25, 0.3) is 0 Å². The predicted octanol–water partition coefficient (Wildman–Crippen LogP) is -0.855. The van der Waals surface area contributed by atoms with E-state index in [1.165, 1.54) is 0 Å². The monoisotopic (exact) mass is 832 g/mol. The van der Waals surface area contributed by atoms with Gasteiger partial charge in [0.15, 0.2) is 6.29 Å². The lowest BCUT2D eigenvalue weighted by Crippen LogP contribution is -2.50. The number of ether oxygens (including phenoxy) is 6. The van der Waals surface area contributed by atoms with Gasteiger partial charge in [-0.15, -0.1) is 5.10 Å². The van der Waals surface area contributed by atoms with E-state index in [4.69, 9.17) is 39.9 Å². The summed E-state index contributed by atoms with van der Waals surface area (Å²) in [4.78, 5) is 16.4. The second-order valence-corrected chi connectivity index (χ2v) is 14.2. The van der Waals surface area contributed by atoms with Gasteiger partial charge in [0.05, 0.1) is 77.3 Å². The summed E-state index contributed by atoms with van der Waals surface area (Å²) in [6.45, 7) is 15.1. The number of hydrogen-bond acceptors (Lipinski definition) is 18. The molecule has 1 aromatic heterocycles. The van der Waals surface area contributed by atoms with Crippen LogP contribution in [0.5, 0.6) is 0 Å². The van der Waals surface area contributed by atoms with E-state index in [0.717, 1.165) is 12.1 Å². The van der Waals surface area contributed by atoms with Crippen molar-refractivity contribution in [2.45, 2.75) is 103 Å². The van der Waals surface area contributed by atoms with Gasteiger partial charge in [-0.05, 0) is 46.7 Å². The number of carboxylic acids is 1. The fourth-order valence-corrected chi connectivity index (χ4v) is 6.06. The van der Waals surface area contributed by atoms with Crippen LogP contribution in [0.1, 0.15) is 59.1 Å². The first-order valence-corrected chi connectivity index (χ1v) is 20.5. The molecule has 0 saturated carbocycles. The highest BCUT2D eigenvalue weighted by Gasteiger charge is 2.36. The molecule has 1 aliphatic rings. The number of hydrogen-bond donors (Lipinski definition) is 8. The summed E-state index contributed by atoms with van der Waals surface area (Å²) in [5.41, 5.74) is 14.6. The summed E-state index contributed by atoms with van der Waals surface area (Å²) < 4.78 is 34.8. The Kier molecular flexibility index (Phi) is 27.1. The lowest BCUT2D eigenvalue weighted by molar-refractivity contribution is -0.258. The standard InChI is InChI=1S/C38H73N9O11/c1-5-46(25-31(40)23-42-11-15-54-17-19-56-29(3)4)33(38(51)52)9-7-8-12-45(24-30(39)22-41-10-14-53-6-2)26-32-27-47(44-43-32)13-16-55-18-20-57-36-21-34(49)37(50)35(28-48)58-36/h22-23,27,29,33-37,41-42,48-50H,5-21,24-26,28,39-40H2,1-4H3,(H,51,52)/b30-22-,31-23-. The molecule has 20 heteroatoms. The van der Waals surface area contributed by atoms with Gasteiger partial charge in [-0.25, -0.2) is 4.68 Å². The third kappa shape index (κ3) is 22.3. The lowest BCUT2D eigenvalue weighted by atomic mass is 10.0. The highest BCUT2D eigenvalue weighted by Crippen LogP contribution is 2.21. The van der Waals surface area contributed by atoms with Gasteiger partial charge in [-0.1, -0.05) is 18.6 Å². The van der Waals surface area contributed by atoms with Gasteiger partial charge in [-0.3, -0.25) is 14.6 Å². The SMILES string of the molecule is CCOCCN/C=C(\N)CN(CCCCC(C(=O)O)N(CC)C/C(N)=C/NCCOCCOC(C)C)Cc1cn(CCOCCOC2CC(O)C(O)C(CO)O2)nn1. The quantitative estimate of drug-likeness (QED) is 0.0387. The average Bonchev–Trinajstić information content (AvgIpc) is 3.64. The second kappa shape index (κ2) is 30.8. The van der Waals surface area contributed by atoms with Crippen molar-refractivity contribution in [1.82, 2.24) is 35.4 Å². The van der Waals surface area contributed by atoms with E-state index in [1.807, 2.05) is 38.8 Å². The molecule has 5 atom stereocenters. The molecule has 1 saturated heterocycles. The molecule has 336 valence electrons. The van der Waals surface area contributed by atoms with E-state index in [1.54, 1.807) is 17.1 Å². The first-order valence-electron chi connectivity index (χ1n) is 20.5. The minimum absolute atomic E-state index is 0.0990. The van der Waals surface area contributed by atoms with Crippen LogP contribution in [0.4, 0.5) is 0 Å². The maximum atomic E-state index is 12.4. The number of likely N-dealkylation sites (N-methyl/N-ethyl adjacent to an activating group) is 1. The number of unbranched alkanes of at least 4 members (excludes halogenated alkanes) is 1. The topological polar surface area (TPSA) is 267 Å². The number of nitrogens with zero attached hydrogens (tertiary/aromatic N) is 5. The minimum atomic E-state index is -1.16. The highest BCUT2D eigenvalue weighted by atomic mass is 16.7. The van der Waals surface area contributed by atoms with Gasteiger partial charge >= 0.3 is 5.97 Å². The van der Waals surface area contributed by atoms with Gasteiger partial charge < -0.3 is 70.9 Å². The molecule has 2 rings (SSSR count). The Balaban J connectivity index is 1.85. The van der Waals surface area contributed by atoms with Crippen molar-refractivity contribution < 1.29 is 53.6 Å². The van der Waals surface area contributed by atoms with E-state index >= 15 is 0 Å². The Hall–Kier alpha value is -3.15. The van der Waals surface area contributed by atoms with E-state index < -0.39 is 43.2 Å². The van der Waals surface area contributed by atoms with Gasteiger partial charge in [-0.2, -0.15) is 0 Å². The molecule has 0 aliphatic carbocycles. The molecule has 1 aliphatic heterocycles. The molecule has 0 spiro atoms. The predicted molar refractivity (Wildman–Crippen MR) is 216 cm³/mol. The third-order valence-corrected chi connectivity index (χ3v) is 9.05. The van der Waals surface area contributed by atoms with Crippen LogP contribution in [0.2, 0.25) is 0 Å². The Morgan fingerprint density at radius 1 is 1.00 bits per heavy atom. The van der Waals surface area contributed by atoms with Gasteiger partial charge in [0, 0.05) is 75.7 Å². The minimum Gasteiger partial charge on any atom is -0.480 e. The zero-order valence-corrected chi connectivity index (χ0v) is 35.1. The molecule has 1 aromatic rings. The summed E-state index contributed by atoms with van der Waals surface area (Å²) in [6.07, 6.45) is 3.63. The van der Waals surface area contributed by atoms with Crippen LogP contribution in [-0.2, 0) is 46.3 Å². The number of nitrogens with one attached hydrogen (secondary N) is 2. The van der Waals surface area contributed by atoms with Gasteiger partial charge in [0.2, 0.25) is 0 Å². The first-order chi connectivity index (χ1) is 28.0. The van der Waals surface area contributed by atoms with Crippen LogP contribution < -0.4 is 22.1 Å². The van der Waals surface area contributed by atoms with Crippen LogP contribution in [0, 0.1) is 0 Å². The summed E-state index contributed by atoms with van der Waals surface area (Å²) in [5.74, 6) is -0.884. The molecule has 1 fully saturated rings. The fraction of sp³-hybridized carbons (Fsp3) is 0.816. The van der Waals surface area contributed by atoms with Crippen molar-refractivity contribution in [1.29, 1.82) is 0 Å². The summed E-state index contributed by atoms with van der Waals surface area (Å²) in [5, 5.41) is 54.2. The van der Waals surface area contributed by atoms with Gasteiger partial charge in [0.1, 0.15) is 18.2 Å². The lowest BCUT2D eigenvalue weighted by Gasteiger charge is -2.35. The van der Waals surface area contributed by atoms with Crippen molar-refractivity contribution in [2.24, 2.45) is 11.5 Å². The Morgan fingerprint density at radius 2 is 1.69 bits per heavy atom. The molecule has 10 N–H and O–H groups in total. The smallest absolute Gasteiger partial charge is 0.320 e. The maximum Gasteiger partial charge on any atom is 0.320 e. The molecule has 0 aromatic carbocycles. The zero-order chi connectivity index (χ0) is 42.5. The molecular weight excluding hydrogens is 758 g/mol. The molecule has 58 heavy (non-hydrogen) atoms. The third-order valence-electron chi connectivity index (χ3n) is 9.05. The second-order valence-electron chi connectivity index (χ2n) is 14.2. The van der Waals surface area contributed by atoms with Crippen molar-refractivity contribution in [3.63, 3.8) is 0 Å². The Morgan fingerprint density at radius 3 is 2.36 bits per heavy atom. The Labute approximate surface area is 343 Å². The fourth-order valence-electron chi connectivity index (χ4n) is 6.06. The maximum absolute atomic E-state index is 12.4. The highest BCUT2D eigenvalue weighted by molar-refractivity contribution is 5.73. The normalized spacial score (nSPS) is 19.7. The van der Waals surface area contributed by atoms with E-state index in [0.29, 0.717) is 116 Å². The molecule has 0 amide bonds. The largest absolute Gasteiger partial charge is 0.480 e. The number of aliphatic hydroxyl groups is 3. The summed E-state index contributed by atoms with van der Waals surface area (Å²) in [7, 11) is 0. The number of nitrogens with two attached hydrogens (primary N) is 2. The summed E-state index contributed by atoms with van der Waals surface area (Å²) in [6, 6.07) is -0.691. The van der Waals surface area contributed by atoms with Crippen molar-refractivity contribution >= 4 is 5.97 Å². The van der Waals surface area contributed by atoms with Crippen LogP contribution in [0.15, 0.2) is 30.0 Å². The van der Waals surface area contributed by atoms with Crippen LogP contribution in [-0.4, -0.2) is 187 Å².